The summed E-state index contributed by atoms with van der Waals surface area (Å²) in [6, 6.07) is 29.0. The van der Waals surface area contributed by atoms with Gasteiger partial charge in [-0.15, -0.1) is 0 Å². The van der Waals surface area contributed by atoms with Gasteiger partial charge >= 0.3 is 0 Å². The van der Waals surface area contributed by atoms with Gasteiger partial charge in [0.1, 0.15) is 0 Å². The number of rotatable bonds is 18. The van der Waals surface area contributed by atoms with Crippen LogP contribution in [0.3, 0.4) is 0 Å². The number of carbonyl (C=O) groups is 3. The fourth-order valence-electron chi connectivity index (χ4n) is 9.88. The first-order valence-corrected chi connectivity index (χ1v) is 20.2. The summed E-state index contributed by atoms with van der Waals surface area (Å²) in [7, 11) is 0. The maximum Gasteiger partial charge on any atom is 0.242 e. The molecule has 4 aliphatic carbocycles. The van der Waals surface area contributed by atoms with Gasteiger partial charge in [-0.3, -0.25) is 14.4 Å². The molecule has 0 radical (unpaired) electrons. The van der Waals surface area contributed by atoms with Crippen molar-refractivity contribution in [3.05, 3.63) is 108 Å². The Morgan fingerprint density at radius 2 is 1.26 bits per heavy atom. The Bertz CT molecular complexity index is 1540. The number of hydrogen-bond donors (Lipinski definition) is 3. The van der Waals surface area contributed by atoms with E-state index in [9.17, 15) is 14.4 Å². The van der Waals surface area contributed by atoms with Crippen molar-refractivity contribution in [2.75, 3.05) is 19.6 Å². The molecule has 4 bridgehead atoms. The molecule has 0 aromatic heterocycles. The lowest BCUT2D eigenvalue weighted by molar-refractivity contribution is -0.145. The summed E-state index contributed by atoms with van der Waals surface area (Å²) in [6.45, 7) is 1.62. The number of nitrogens with zero attached hydrogens (tertiary/aromatic N) is 2. The molecule has 4 fully saturated rings. The van der Waals surface area contributed by atoms with Crippen LogP contribution in [-0.4, -0.2) is 59.2 Å². The normalized spacial score (nSPS) is 23.0. The Hall–Kier alpha value is -4.01. The van der Waals surface area contributed by atoms with E-state index >= 15 is 0 Å². The molecule has 53 heavy (non-hydrogen) atoms. The Balaban J connectivity index is 1.27. The van der Waals surface area contributed by atoms with Crippen LogP contribution in [-0.2, 0) is 33.9 Å². The zero-order valence-corrected chi connectivity index (χ0v) is 31.5. The van der Waals surface area contributed by atoms with E-state index in [1.807, 2.05) is 95.9 Å². The second-order valence-electron chi connectivity index (χ2n) is 16.6. The lowest BCUT2D eigenvalue weighted by atomic mass is 9.52. The summed E-state index contributed by atoms with van der Waals surface area (Å²) < 4.78 is 0. The van der Waals surface area contributed by atoms with E-state index in [0.29, 0.717) is 56.7 Å². The molecule has 284 valence electrons. The first-order valence-electron chi connectivity index (χ1n) is 20.2. The molecule has 3 aromatic rings. The minimum Gasteiger partial charge on any atom is -0.350 e. The summed E-state index contributed by atoms with van der Waals surface area (Å²) in [5, 5.41) is 3.22. The van der Waals surface area contributed by atoms with Crippen LogP contribution < -0.4 is 16.8 Å². The first kappa shape index (κ1) is 38.7. The largest absolute Gasteiger partial charge is 0.350 e. The van der Waals surface area contributed by atoms with E-state index in [2.05, 4.69) is 5.32 Å². The highest BCUT2D eigenvalue weighted by Crippen LogP contribution is 2.58. The van der Waals surface area contributed by atoms with Crippen LogP contribution in [0.15, 0.2) is 91.0 Å². The highest BCUT2D eigenvalue weighted by atomic mass is 16.2. The first-order chi connectivity index (χ1) is 25.8. The van der Waals surface area contributed by atoms with Crippen molar-refractivity contribution >= 4 is 17.7 Å². The fraction of sp³-hybridized carbons (Fsp3) is 0.533. The van der Waals surface area contributed by atoms with Crippen molar-refractivity contribution in [1.29, 1.82) is 0 Å². The summed E-state index contributed by atoms with van der Waals surface area (Å²) in [4.78, 5) is 46.6. The van der Waals surface area contributed by atoms with Crippen molar-refractivity contribution < 1.29 is 14.4 Å². The number of amides is 3. The molecule has 5 N–H and O–H groups in total. The van der Waals surface area contributed by atoms with Crippen LogP contribution in [0.2, 0.25) is 0 Å². The van der Waals surface area contributed by atoms with Gasteiger partial charge in [0.25, 0.3) is 0 Å². The highest BCUT2D eigenvalue weighted by Gasteiger charge is 2.48. The third-order valence-corrected chi connectivity index (χ3v) is 12.1. The van der Waals surface area contributed by atoms with E-state index in [-0.39, 0.29) is 36.2 Å². The van der Waals surface area contributed by atoms with Crippen LogP contribution in [0, 0.1) is 23.2 Å². The average Bonchev–Trinajstić information content (AvgIpc) is 3.14. The molecule has 3 aromatic carbocycles. The summed E-state index contributed by atoms with van der Waals surface area (Å²) in [5.41, 5.74) is 15.2. The van der Waals surface area contributed by atoms with Crippen molar-refractivity contribution in [3.63, 3.8) is 0 Å². The van der Waals surface area contributed by atoms with Crippen LogP contribution in [0.25, 0.3) is 0 Å². The van der Waals surface area contributed by atoms with E-state index < -0.39 is 12.1 Å². The second-order valence-corrected chi connectivity index (χ2v) is 16.6. The van der Waals surface area contributed by atoms with Crippen molar-refractivity contribution in [3.8, 4) is 0 Å². The van der Waals surface area contributed by atoms with Gasteiger partial charge in [0.05, 0.1) is 18.6 Å². The van der Waals surface area contributed by atoms with Crippen molar-refractivity contribution in [2.45, 2.75) is 109 Å². The number of fused-ring (bicyclic) bond motifs is 2. The van der Waals surface area contributed by atoms with Gasteiger partial charge in [-0.1, -0.05) is 117 Å². The topological polar surface area (TPSA) is 122 Å². The molecule has 6 atom stereocenters. The van der Waals surface area contributed by atoms with Crippen LogP contribution in [0.5, 0.6) is 0 Å². The number of nitrogens with two attached hydrogens (primary N) is 2. The molecule has 4 aliphatic rings. The molecule has 7 rings (SSSR count). The predicted molar refractivity (Wildman–Crippen MR) is 211 cm³/mol. The lowest BCUT2D eigenvalue weighted by Crippen LogP contribution is -2.54. The number of carbonyl (C=O) groups excluding carboxylic acids is 3. The van der Waals surface area contributed by atoms with E-state index in [4.69, 9.17) is 11.5 Å². The molecular formula is C45H61N5O3. The molecule has 3 amide bonds. The molecule has 3 unspecified atom stereocenters. The SMILES string of the molecule is NCCCC[C@H](N)C(=O)N[C@@H](Cc1ccccc1)CN(CC(=O)N(Cc1ccccc1)Cc1ccccc1)C(=O)CC12CC3CCC[C@H](CC(C3)C1)C2. The van der Waals surface area contributed by atoms with Gasteiger partial charge in [-0.25, -0.2) is 0 Å². The molecule has 8 nitrogen and oxygen atoms in total. The van der Waals surface area contributed by atoms with E-state index in [1.165, 1.54) is 32.1 Å². The number of nitrogens with one attached hydrogen (secondary N) is 1. The van der Waals surface area contributed by atoms with Gasteiger partial charge in [-0.05, 0) is 97.8 Å². The minimum absolute atomic E-state index is 0.00736. The highest BCUT2D eigenvalue weighted by molar-refractivity contribution is 5.85. The number of hydrogen-bond acceptors (Lipinski definition) is 5. The van der Waals surface area contributed by atoms with Crippen LogP contribution >= 0.6 is 0 Å². The van der Waals surface area contributed by atoms with Crippen LogP contribution in [0.4, 0.5) is 0 Å². The van der Waals surface area contributed by atoms with Gasteiger partial charge in [0.15, 0.2) is 0 Å². The number of unbranched alkanes of at least 4 members (excludes halogenated alkanes) is 1. The lowest BCUT2D eigenvalue weighted by Gasteiger charge is -2.53. The third-order valence-electron chi connectivity index (χ3n) is 12.1. The number of benzene rings is 3. The zero-order chi connectivity index (χ0) is 37.0. The third kappa shape index (κ3) is 11.2. The molecule has 0 spiro atoms. The minimum atomic E-state index is -0.669. The van der Waals surface area contributed by atoms with Gasteiger partial charge in [0.2, 0.25) is 17.7 Å². The molecule has 8 heteroatoms. The summed E-state index contributed by atoms with van der Waals surface area (Å²) in [5.74, 6) is 1.78. The van der Waals surface area contributed by atoms with E-state index in [1.54, 1.807) is 4.90 Å². The maximum absolute atomic E-state index is 14.9. The molecule has 0 saturated heterocycles. The van der Waals surface area contributed by atoms with E-state index in [0.717, 1.165) is 48.8 Å². The molecular weight excluding hydrogens is 659 g/mol. The summed E-state index contributed by atoms with van der Waals surface area (Å²) >= 11 is 0. The molecule has 0 aliphatic heterocycles. The molecule has 0 heterocycles. The average molecular weight is 720 g/mol. The molecule has 4 saturated carbocycles. The Morgan fingerprint density at radius 3 is 1.83 bits per heavy atom. The quantitative estimate of drug-likeness (QED) is 0.128. The maximum atomic E-state index is 14.9. The van der Waals surface area contributed by atoms with Gasteiger partial charge in [0, 0.05) is 26.1 Å². The Kier molecular flexibility index (Phi) is 13.8. The van der Waals surface area contributed by atoms with Gasteiger partial charge in [-0.2, -0.15) is 0 Å². The summed E-state index contributed by atoms with van der Waals surface area (Å²) in [6.07, 6.45) is 12.9. The van der Waals surface area contributed by atoms with Gasteiger partial charge < -0.3 is 26.6 Å². The Labute approximate surface area is 317 Å². The predicted octanol–water partition coefficient (Wildman–Crippen LogP) is 6.61. The standard InChI is InChI=1S/C45H61N5O3/c46-22-11-10-21-41(47)44(53)48-40(25-34-13-4-1-5-14-34)32-50(42(51)29-45-26-37-19-12-20-38(27-45)24-39(23-37)28-45)33-43(52)49(30-35-15-6-2-7-16-35)31-36-17-8-3-9-18-36/h1-9,13-18,37-41H,10-12,19-33,46-47H2,(H,48,53)/t37-,38?,39?,40+,41+,45?/m1/s1. The monoisotopic (exact) mass is 719 g/mol. The van der Waals surface area contributed by atoms with Crippen molar-refractivity contribution in [1.82, 2.24) is 15.1 Å². The second kappa shape index (κ2) is 18.8. The zero-order valence-electron chi connectivity index (χ0n) is 31.5. The fourth-order valence-corrected chi connectivity index (χ4v) is 9.88. The van der Waals surface area contributed by atoms with Crippen LogP contribution in [0.1, 0.15) is 93.7 Å². The Morgan fingerprint density at radius 1 is 0.717 bits per heavy atom. The smallest absolute Gasteiger partial charge is 0.242 e. The van der Waals surface area contributed by atoms with Crippen molar-refractivity contribution in [2.24, 2.45) is 34.6 Å².